The van der Waals surface area contributed by atoms with E-state index in [0.717, 1.165) is 32.6 Å². The van der Waals surface area contributed by atoms with Crippen LogP contribution in [0.1, 0.15) is 12.0 Å². The SMILES string of the molecule is Fc1c(Cl)cc2c(c1CN1CCNCC1)OCCCO2. The maximum atomic E-state index is 14.4. The van der Waals surface area contributed by atoms with E-state index < -0.39 is 5.82 Å². The molecule has 1 fully saturated rings. The van der Waals surface area contributed by atoms with Gasteiger partial charge in [0.25, 0.3) is 0 Å². The van der Waals surface area contributed by atoms with Gasteiger partial charge in [0.15, 0.2) is 11.5 Å². The first-order chi connectivity index (χ1) is 9.75. The summed E-state index contributed by atoms with van der Waals surface area (Å²) in [6, 6.07) is 1.51. The lowest BCUT2D eigenvalue weighted by Crippen LogP contribution is -2.43. The molecule has 0 spiro atoms. The van der Waals surface area contributed by atoms with Gasteiger partial charge in [-0.05, 0) is 0 Å². The molecule has 0 bridgehead atoms. The molecule has 0 aliphatic carbocycles. The van der Waals surface area contributed by atoms with Crippen molar-refractivity contribution in [1.82, 2.24) is 10.2 Å². The maximum absolute atomic E-state index is 14.4. The van der Waals surface area contributed by atoms with E-state index in [0.29, 0.717) is 36.8 Å². The zero-order valence-corrected chi connectivity index (χ0v) is 12.0. The topological polar surface area (TPSA) is 33.7 Å². The number of hydrogen-bond donors (Lipinski definition) is 1. The van der Waals surface area contributed by atoms with Gasteiger partial charge in [-0.1, -0.05) is 11.6 Å². The van der Waals surface area contributed by atoms with Gasteiger partial charge in [-0.15, -0.1) is 0 Å². The van der Waals surface area contributed by atoms with Crippen LogP contribution in [0, 0.1) is 5.82 Å². The van der Waals surface area contributed by atoms with Crippen LogP contribution in [0.4, 0.5) is 4.39 Å². The van der Waals surface area contributed by atoms with E-state index in [9.17, 15) is 4.39 Å². The lowest BCUT2D eigenvalue weighted by molar-refractivity contribution is 0.224. The molecule has 1 aromatic rings. The van der Waals surface area contributed by atoms with Crippen LogP contribution in [0.15, 0.2) is 6.07 Å². The second-order valence-corrected chi connectivity index (χ2v) is 5.46. The van der Waals surface area contributed by atoms with Crippen molar-refractivity contribution in [3.8, 4) is 11.5 Å². The van der Waals surface area contributed by atoms with E-state index >= 15 is 0 Å². The Balaban J connectivity index is 1.92. The van der Waals surface area contributed by atoms with Crippen molar-refractivity contribution in [2.75, 3.05) is 39.4 Å². The number of nitrogens with zero attached hydrogens (tertiary/aromatic N) is 1. The minimum atomic E-state index is -0.394. The van der Waals surface area contributed by atoms with Gasteiger partial charge in [0, 0.05) is 50.8 Å². The van der Waals surface area contributed by atoms with E-state index in [4.69, 9.17) is 21.1 Å². The number of benzene rings is 1. The fourth-order valence-corrected chi connectivity index (χ4v) is 2.76. The van der Waals surface area contributed by atoms with E-state index in [1.54, 1.807) is 0 Å². The van der Waals surface area contributed by atoms with Gasteiger partial charge in [-0.3, -0.25) is 4.90 Å². The predicted molar refractivity (Wildman–Crippen MR) is 75.2 cm³/mol. The summed E-state index contributed by atoms with van der Waals surface area (Å²) in [7, 11) is 0. The third-order valence-corrected chi connectivity index (χ3v) is 3.89. The molecule has 6 heteroatoms. The van der Waals surface area contributed by atoms with Crippen molar-refractivity contribution < 1.29 is 13.9 Å². The molecular weight excluding hydrogens is 283 g/mol. The third-order valence-electron chi connectivity index (χ3n) is 3.61. The fraction of sp³-hybridized carbons (Fsp3) is 0.571. The third kappa shape index (κ3) is 2.85. The summed E-state index contributed by atoms with van der Waals surface area (Å²) < 4.78 is 25.7. The second-order valence-electron chi connectivity index (χ2n) is 5.05. The molecule has 2 aliphatic heterocycles. The van der Waals surface area contributed by atoms with Gasteiger partial charge in [0.05, 0.1) is 18.2 Å². The number of halogens is 2. The summed E-state index contributed by atoms with van der Waals surface area (Å²) in [6.45, 7) is 5.23. The molecule has 0 unspecified atom stereocenters. The monoisotopic (exact) mass is 300 g/mol. The lowest BCUT2D eigenvalue weighted by atomic mass is 10.1. The van der Waals surface area contributed by atoms with Crippen molar-refractivity contribution in [2.24, 2.45) is 0 Å². The zero-order valence-electron chi connectivity index (χ0n) is 11.3. The molecule has 1 aromatic carbocycles. The Bertz CT molecular complexity index is 493. The number of nitrogens with one attached hydrogen (secondary N) is 1. The van der Waals surface area contributed by atoms with Crippen LogP contribution in [0.25, 0.3) is 0 Å². The lowest BCUT2D eigenvalue weighted by Gasteiger charge is -2.28. The van der Waals surface area contributed by atoms with Crippen LogP contribution >= 0.6 is 11.6 Å². The van der Waals surface area contributed by atoms with E-state index in [2.05, 4.69) is 10.2 Å². The van der Waals surface area contributed by atoms with Crippen molar-refractivity contribution in [3.63, 3.8) is 0 Å². The van der Waals surface area contributed by atoms with Crippen molar-refractivity contribution in [2.45, 2.75) is 13.0 Å². The predicted octanol–water partition coefficient (Wildman–Crippen LogP) is 2.05. The first-order valence-electron chi connectivity index (χ1n) is 6.95. The quantitative estimate of drug-likeness (QED) is 0.906. The summed E-state index contributed by atoms with van der Waals surface area (Å²) in [6.07, 6.45) is 0.793. The Morgan fingerprint density at radius 3 is 2.80 bits per heavy atom. The summed E-state index contributed by atoms with van der Waals surface area (Å²) in [5.41, 5.74) is 0.510. The van der Waals surface area contributed by atoms with Crippen LogP contribution in [0.3, 0.4) is 0 Å². The standard InChI is InChI=1S/C14H18ClFN2O2/c15-11-8-12-14(20-7-1-6-19-12)10(13(11)16)9-18-4-2-17-3-5-18/h8,17H,1-7,9H2. The molecule has 0 aromatic heterocycles. The molecule has 0 amide bonds. The highest BCUT2D eigenvalue weighted by atomic mass is 35.5. The highest BCUT2D eigenvalue weighted by Crippen LogP contribution is 2.39. The number of fused-ring (bicyclic) bond motifs is 1. The summed E-state index contributed by atoms with van der Waals surface area (Å²) >= 11 is 5.98. The summed E-state index contributed by atoms with van der Waals surface area (Å²) in [4.78, 5) is 2.19. The van der Waals surface area contributed by atoms with Crippen LogP contribution in [-0.4, -0.2) is 44.3 Å². The molecule has 2 aliphatic rings. The molecule has 20 heavy (non-hydrogen) atoms. The van der Waals surface area contributed by atoms with Crippen LogP contribution < -0.4 is 14.8 Å². The minimum absolute atomic E-state index is 0.0967. The van der Waals surface area contributed by atoms with Crippen molar-refractivity contribution in [1.29, 1.82) is 0 Å². The molecule has 0 atom stereocenters. The van der Waals surface area contributed by atoms with Crippen LogP contribution in [0.2, 0.25) is 5.02 Å². The van der Waals surface area contributed by atoms with Crippen molar-refractivity contribution in [3.05, 3.63) is 22.5 Å². The molecule has 110 valence electrons. The zero-order chi connectivity index (χ0) is 13.9. The van der Waals surface area contributed by atoms with E-state index in [1.807, 2.05) is 0 Å². The van der Waals surface area contributed by atoms with E-state index in [1.165, 1.54) is 6.07 Å². The van der Waals surface area contributed by atoms with Gasteiger partial charge < -0.3 is 14.8 Å². The minimum Gasteiger partial charge on any atom is -0.489 e. The molecular formula is C14H18ClFN2O2. The first kappa shape index (κ1) is 13.9. The number of rotatable bonds is 2. The fourth-order valence-electron chi connectivity index (χ4n) is 2.55. The van der Waals surface area contributed by atoms with Crippen molar-refractivity contribution >= 4 is 11.6 Å². The summed E-state index contributed by atoms with van der Waals surface area (Å²) in [5.74, 6) is 0.677. The number of ether oxygens (including phenoxy) is 2. The highest BCUT2D eigenvalue weighted by molar-refractivity contribution is 6.31. The molecule has 4 nitrogen and oxygen atoms in total. The molecule has 2 heterocycles. The largest absolute Gasteiger partial charge is 0.489 e. The van der Waals surface area contributed by atoms with Gasteiger partial charge >= 0.3 is 0 Å². The summed E-state index contributed by atoms with van der Waals surface area (Å²) in [5, 5.41) is 3.38. The molecule has 3 rings (SSSR count). The Morgan fingerprint density at radius 1 is 1.25 bits per heavy atom. The molecule has 0 saturated carbocycles. The Kier molecular flexibility index (Phi) is 4.29. The van der Waals surface area contributed by atoms with Gasteiger partial charge in [-0.25, -0.2) is 4.39 Å². The van der Waals surface area contributed by atoms with Gasteiger partial charge in [0.1, 0.15) is 5.82 Å². The molecule has 1 saturated heterocycles. The van der Waals surface area contributed by atoms with Gasteiger partial charge in [-0.2, -0.15) is 0 Å². The Labute approximate surface area is 122 Å². The van der Waals surface area contributed by atoms with E-state index in [-0.39, 0.29) is 5.02 Å². The number of piperazine rings is 1. The Morgan fingerprint density at radius 2 is 2.00 bits per heavy atom. The van der Waals surface area contributed by atoms with Crippen LogP contribution in [-0.2, 0) is 6.54 Å². The smallest absolute Gasteiger partial charge is 0.168 e. The highest BCUT2D eigenvalue weighted by Gasteiger charge is 2.24. The second kappa shape index (κ2) is 6.16. The normalized spacial score (nSPS) is 19.7. The van der Waals surface area contributed by atoms with Gasteiger partial charge in [0.2, 0.25) is 0 Å². The van der Waals surface area contributed by atoms with Crippen LogP contribution in [0.5, 0.6) is 11.5 Å². The average Bonchev–Trinajstić information content (AvgIpc) is 2.70. The first-order valence-corrected chi connectivity index (χ1v) is 7.33. The molecule has 1 N–H and O–H groups in total. The average molecular weight is 301 g/mol. The maximum Gasteiger partial charge on any atom is 0.168 e. The molecule has 0 radical (unpaired) electrons. The number of hydrogen-bond acceptors (Lipinski definition) is 4. The Hall–Kier alpha value is -1.04.